The lowest BCUT2D eigenvalue weighted by Gasteiger charge is -2.19. The number of benzene rings is 2. The molecule has 0 spiro atoms. The number of nitrogens with two attached hydrogens (primary N) is 1. The van der Waals surface area contributed by atoms with Crippen LogP contribution in [-0.2, 0) is 9.53 Å². The van der Waals surface area contributed by atoms with Crippen molar-refractivity contribution in [2.45, 2.75) is 30.4 Å². The fraction of sp³-hybridized carbons (Fsp3) is 0.250. The molecule has 1 saturated heterocycles. The van der Waals surface area contributed by atoms with Crippen LogP contribution in [0.5, 0.6) is 0 Å². The summed E-state index contributed by atoms with van der Waals surface area (Å²) in [7, 11) is 0. The zero-order valence-electron chi connectivity index (χ0n) is 18.1. The number of rotatable bonds is 7. The molecular weight excluding hydrogens is 436 g/mol. The zero-order chi connectivity index (χ0) is 23.7. The summed E-state index contributed by atoms with van der Waals surface area (Å²) < 4.78 is 7.01. The maximum Gasteiger partial charge on any atom is 0.334 e. The van der Waals surface area contributed by atoms with Crippen LogP contribution in [0.1, 0.15) is 23.3 Å². The Balaban J connectivity index is 1.43. The second kappa shape index (κ2) is 9.18. The molecule has 34 heavy (non-hydrogen) atoms. The molecule has 0 saturated carbocycles. The molecule has 4 aromatic rings. The summed E-state index contributed by atoms with van der Waals surface area (Å²) in [6.07, 6.45) is -0.745. The smallest absolute Gasteiger partial charge is 0.334 e. The van der Waals surface area contributed by atoms with E-state index in [2.05, 4.69) is 44.5 Å². The number of nitrogens with zero attached hydrogens (tertiary/aromatic N) is 4. The molecule has 10 heteroatoms. The number of aliphatic hydroxyl groups is 1. The maximum absolute atomic E-state index is 11.4. The predicted octanol–water partition coefficient (Wildman–Crippen LogP) is 1.74. The topological polar surface area (TPSA) is 148 Å². The predicted molar refractivity (Wildman–Crippen MR) is 124 cm³/mol. The van der Waals surface area contributed by atoms with Gasteiger partial charge in [-0.3, -0.25) is 4.57 Å². The van der Waals surface area contributed by atoms with Gasteiger partial charge in [0.05, 0.1) is 12.4 Å². The lowest BCUT2D eigenvalue weighted by Crippen LogP contribution is -2.43. The Kier molecular flexibility index (Phi) is 5.93. The minimum atomic E-state index is -1.32. The maximum atomic E-state index is 11.4. The van der Waals surface area contributed by atoms with Gasteiger partial charge < -0.3 is 26.0 Å². The minimum absolute atomic E-state index is 0.0730. The number of aromatic nitrogens is 4. The third-order valence-electron chi connectivity index (χ3n) is 6.08. The van der Waals surface area contributed by atoms with Crippen LogP contribution < -0.4 is 11.1 Å². The third-order valence-corrected chi connectivity index (χ3v) is 6.08. The van der Waals surface area contributed by atoms with Gasteiger partial charge >= 0.3 is 5.97 Å². The van der Waals surface area contributed by atoms with Crippen molar-refractivity contribution in [3.05, 3.63) is 84.4 Å². The number of hydrogen-bond acceptors (Lipinski definition) is 8. The highest BCUT2D eigenvalue weighted by atomic mass is 16.6. The van der Waals surface area contributed by atoms with Crippen molar-refractivity contribution in [3.8, 4) is 0 Å². The highest BCUT2D eigenvalue weighted by Crippen LogP contribution is 2.32. The summed E-state index contributed by atoms with van der Waals surface area (Å²) in [6.45, 7) is 0.557. The molecule has 0 radical (unpaired) electrons. The summed E-state index contributed by atoms with van der Waals surface area (Å²) in [5.41, 5.74) is 9.05. The molecule has 0 amide bonds. The Labute approximate surface area is 195 Å². The number of fused-ring (bicyclic) bond motifs is 1. The van der Waals surface area contributed by atoms with E-state index < -0.39 is 30.4 Å². The van der Waals surface area contributed by atoms with Gasteiger partial charge in [-0.1, -0.05) is 60.7 Å². The Morgan fingerprint density at radius 2 is 1.71 bits per heavy atom. The molecule has 4 atom stereocenters. The van der Waals surface area contributed by atoms with Crippen molar-refractivity contribution in [1.29, 1.82) is 0 Å². The van der Waals surface area contributed by atoms with E-state index in [-0.39, 0.29) is 5.92 Å². The van der Waals surface area contributed by atoms with Gasteiger partial charge in [-0.25, -0.2) is 19.7 Å². The lowest BCUT2D eigenvalue weighted by atomic mass is 9.91. The number of carboxylic acids is 1. The third kappa shape index (κ3) is 3.98. The van der Waals surface area contributed by atoms with Gasteiger partial charge in [0.15, 0.2) is 29.3 Å². The summed E-state index contributed by atoms with van der Waals surface area (Å²) in [5.74, 6) is -0.640. The Bertz CT molecular complexity index is 1240. The number of carbonyl (C=O) groups is 1. The van der Waals surface area contributed by atoms with Crippen molar-refractivity contribution in [2.24, 2.45) is 5.73 Å². The van der Waals surface area contributed by atoms with Crippen molar-refractivity contribution in [3.63, 3.8) is 0 Å². The average molecular weight is 460 g/mol. The van der Waals surface area contributed by atoms with Crippen molar-refractivity contribution >= 4 is 23.0 Å². The molecule has 1 aliphatic rings. The Morgan fingerprint density at radius 3 is 2.29 bits per heavy atom. The van der Waals surface area contributed by atoms with E-state index >= 15 is 0 Å². The van der Waals surface area contributed by atoms with Gasteiger partial charge in [0.1, 0.15) is 12.4 Å². The van der Waals surface area contributed by atoms with Crippen LogP contribution in [0.2, 0.25) is 0 Å². The van der Waals surface area contributed by atoms with Gasteiger partial charge in [0, 0.05) is 12.5 Å². The van der Waals surface area contributed by atoms with Gasteiger partial charge in [-0.05, 0) is 11.1 Å². The van der Waals surface area contributed by atoms with Crippen LogP contribution in [0.15, 0.2) is 73.3 Å². The van der Waals surface area contributed by atoms with E-state index in [1.807, 2.05) is 36.4 Å². The van der Waals surface area contributed by atoms with Gasteiger partial charge in [-0.2, -0.15) is 0 Å². The van der Waals surface area contributed by atoms with Gasteiger partial charge in [0.2, 0.25) is 0 Å². The van der Waals surface area contributed by atoms with Crippen LogP contribution in [0.25, 0.3) is 11.2 Å². The van der Waals surface area contributed by atoms with Crippen LogP contribution >= 0.6 is 0 Å². The molecule has 2 aromatic carbocycles. The van der Waals surface area contributed by atoms with Gasteiger partial charge in [-0.15, -0.1) is 0 Å². The molecule has 1 aliphatic heterocycles. The molecule has 0 aliphatic carbocycles. The van der Waals surface area contributed by atoms with Crippen molar-refractivity contribution < 1.29 is 19.7 Å². The first-order valence-electron chi connectivity index (χ1n) is 10.9. The van der Waals surface area contributed by atoms with Crippen LogP contribution in [-0.4, -0.2) is 60.5 Å². The number of nitrogens with one attached hydrogen (secondary N) is 1. The first kappa shape index (κ1) is 22.0. The number of imidazole rings is 1. The summed E-state index contributed by atoms with van der Waals surface area (Å²) in [6, 6.07) is 19.3. The van der Waals surface area contributed by atoms with Crippen molar-refractivity contribution in [1.82, 2.24) is 19.5 Å². The number of aliphatic carboxylic acids is 1. The largest absolute Gasteiger partial charge is 0.479 e. The number of carboxylic acid groups (broad SMARTS) is 1. The molecule has 2 aromatic heterocycles. The standard InChI is InChI=1S/C24H24N6O4/c25-17-19(31)23(34-20(17)24(32)33)30-13-29-18-21(27-12-28-22(18)30)26-11-16(14-7-3-1-4-8-14)15-9-5-2-6-10-15/h1-10,12-13,16-17,19-20,23,31H,11,25H2,(H,32,33)(H,26,27,28)/t17-,19+,20-,23+/m0/s1. The van der Waals surface area contributed by atoms with E-state index in [0.717, 1.165) is 11.1 Å². The van der Waals surface area contributed by atoms with E-state index in [0.29, 0.717) is 23.5 Å². The van der Waals surface area contributed by atoms with Crippen LogP contribution in [0.3, 0.4) is 0 Å². The molecule has 0 unspecified atom stereocenters. The highest BCUT2D eigenvalue weighted by molar-refractivity contribution is 5.83. The molecule has 0 bridgehead atoms. The first-order valence-corrected chi connectivity index (χ1v) is 10.9. The molecule has 1 fully saturated rings. The van der Waals surface area contributed by atoms with Crippen molar-refractivity contribution in [2.75, 3.05) is 11.9 Å². The highest BCUT2D eigenvalue weighted by Gasteiger charge is 2.46. The quantitative estimate of drug-likeness (QED) is 0.323. The molecule has 5 rings (SSSR count). The fourth-order valence-corrected chi connectivity index (χ4v) is 4.31. The minimum Gasteiger partial charge on any atom is -0.479 e. The lowest BCUT2D eigenvalue weighted by molar-refractivity contribution is -0.152. The number of aliphatic hydroxyl groups excluding tert-OH is 1. The van der Waals surface area contributed by atoms with E-state index in [9.17, 15) is 15.0 Å². The van der Waals surface area contributed by atoms with Crippen LogP contribution in [0, 0.1) is 0 Å². The number of anilines is 1. The summed E-state index contributed by atoms with van der Waals surface area (Å²) in [4.78, 5) is 24.5. The molecule has 3 heterocycles. The summed E-state index contributed by atoms with van der Waals surface area (Å²) in [5, 5.41) is 23.2. The van der Waals surface area contributed by atoms with E-state index in [1.165, 1.54) is 17.2 Å². The SMILES string of the molecule is N[C@H]1[C@@H](O)[C@H](n2cnc3c(NCC(c4ccccc4)c4ccccc4)ncnc32)O[C@@H]1C(=O)O. The first-order chi connectivity index (χ1) is 16.5. The number of ether oxygens (including phenoxy) is 1. The average Bonchev–Trinajstić information content (AvgIpc) is 3.42. The van der Waals surface area contributed by atoms with E-state index in [4.69, 9.17) is 10.5 Å². The second-order valence-electron chi connectivity index (χ2n) is 8.15. The van der Waals surface area contributed by atoms with E-state index in [1.54, 1.807) is 0 Å². The summed E-state index contributed by atoms with van der Waals surface area (Å²) >= 11 is 0. The normalized spacial score (nSPS) is 22.3. The molecule has 10 nitrogen and oxygen atoms in total. The molecular formula is C24H24N6O4. The molecule has 5 N–H and O–H groups in total. The van der Waals surface area contributed by atoms with Gasteiger partial charge in [0.25, 0.3) is 0 Å². The zero-order valence-corrected chi connectivity index (χ0v) is 18.1. The monoisotopic (exact) mass is 460 g/mol. The Hall–Kier alpha value is -3.86. The fourth-order valence-electron chi connectivity index (χ4n) is 4.31. The second-order valence-corrected chi connectivity index (χ2v) is 8.15. The van der Waals surface area contributed by atoms with Crippen LogP contribution in [0.4, 0.5) is 5.82 Å². The molecule has 174 valence electrons. The Morgan fingerprint density at radius 1 is 1.06 bits per heavy atom. The number of hydrogen-bond donors (Lipinski definition) is 4.